The van der Waals surface area contributed by atoms with E-state index < -0.39 is 0 Å². The Balaban J connectivity index is -0.000000827. The Morgan fingerprint density at radius 2 is 1.73 bits per heavy atom. The molecule has 128 valence electrons. The fraction of sp³-hybridized carbons (Fsp3) is 0.778. The van der Waals surface area contributed by atoms with Crippen LogP contribution >= 0.6 is 0 Å². The van der Waals surface area contributed by atoms with E-state index in [1.165, 1.54) is 0 Å². The Kier molecular flexibility index (Phi) is 23.7. The van der Waals surface area contributed by atoms with Crippen LogP contribution in [-0.4, -0.2) is 18.2 Å². The number of Topliss-reactive ketones (excluding diaryl/α,β-unsaturated/α-hetero) is 1. The average molecular weight is 536 g/mol. The maximum absolute atomic E-state index is 11.5. The number of carbonyl (C=O) groups excluding carboxylic acids is 2. The van der Waals surface area contributed by atoms with Gasteiger partial charge in [-0.3, -0.25) is 4.79 Å². The van der Waals surface area contributed by atoms with E-state index in [0.717, 1.165) is 25.8 Å². The van der Waals surface area contributed by atoms with Gasteiger partial charge in [0, 0.05) is 12.5 Å². The summed E-state index contributed by atoms with van der Waals surface area (Å²) in [6.45, 7) is 14.4. The Morgan fingerprint density at radius 1 is 1.18 bits per heavy atom. The molecule has 0 heterocycles. The maximum atomic E-state index is 11.5. The van der Waals surface area contributed by atoms with Gasteiger partial charge in [0.1, 0.15) is 5.78 Å². The predicted octanol–water partition coefficient (Wildman–Crippen LogP) is 4.37. The normalized spacial score (nSPS) is 9.82. The van der Waals surface area contributed by atoms with E-state index in [1.54, 1.807) is 0 Å². The van der Waals surface area contributed by atoms with Crippen molar-refractivity contribution in [2.45, 2.75) is 73.1 Å². The molecule has 0 saturated carbocycles. The van der Waals surface area contributed by atoms with Gasteiger partial charge in [-0.15, -0.1) is 6.42 Å². The molecule has 0 atom stereocenters. The molecule has 0 saturated heterocycles. The van der Waals surface area contributed by atoms with Crippen LogP contribution in [-0.2, 0) is 9.59 Å². The van der Waals surface area contributed by atoms with Gasteiger partial charge in [-0.2, -0.15) is 12.8 Å². The Labute approximate surface area is 162 Å². The van der Waals surface area contributed by atoms with Gasteiger partial charge in [-0.25, -0.2) is 0 Å². The number of hydrogen-bond donors (Lipinski definition) is 1. The summed E-state index contributed by atoms with van der Waals surface area (Å²) in [5.74, 6) is 1.11. The molecular formula is C18H35NO2U. The van der Waals surface area contributed by atoms with Crippen molar-refractivity contribution in [3.8, 4) is 0 Å². The molecule has 0 fully saturated rings. The molecule has 0 spiro atoms. The van der Waals surface area contributed by atoms with Crippen molar-refractivity contribution in [3.05, 3.63) is 13.3 Å². The van der Waals surface area contributed by atoms with Crippen molar-refractivity contribution in [3.63, 3.8) is 0 Å². The third-order valence-electron chi connectivity index (χ3n) is 2.85. The molecule has 0 rings (SSSR count). The number of carbonyl (C=O) groups is 2. The van der Waals surface area contributed by atoms with Crippen LogP contribution in [0.5, 0.6) is 0 Å². The maximum Gasteiger partial charge on any atom is 2.00 e. The number of rotatable bonds is 10. The molecule has 0 unspecified atom stereocenters. The standard InChI is InChI=1S/C15H28NO2.C3H7.U/c1-12(2)8-7-11-16-15(18)10-6-5-9-14(17)13(3)4;1-3-2;/h5,12-13H,6-11H2,1-4H3,(H,16,18);1,3H2,2H3;/q2*-1;+2. The van der Waals surface area contributed by atoms with E-state index in [4.69, 9.17) is 0 Å². The molecule has 3 nitrogen and oxygen atoms in total. The smallest absolute Gasteiger partial charge is 0.356 e. The van der Waals surface area contributed by atoms with Crippen molar-refractivity contribution in [2.75, 3.05) is 6.54 Å². The summed E-state index contributed by atoms with van der Waals surface area (Å²) >= 11 is 0. The van der Waals surface area contributed by atoms with Gasteiger partial charge in [0.25, 0.3) is 0 Å². The van der Waals surface area contributed by atoms with Crippen LogP contribution in [0.3, 0.4) is 0 Å². The number of unbranched alkanes of at least 4 members (excludes halogenated alkanes) is 1. The Bertz CT molecular complexity index is 266. The van der Waals surface area contributed by atoms with Crippen molar-refractivity contribution in [1.29, 1.82) is 0 Å². The van der Waals surface area contributed by atoms with E-state index in [0.29, 0.717) is 25.2 Å². The van der Waals surface area contributed by atoms with E-state index in [1.807, 2.05) is 27.2 Å². The third kappa shape index (κ3) is 22.5. The summed E-state index contributed by atoms with van der Waals surface area (Å²) in [4.78, 5) is 22.8. The topological polar surface area (TPSA) is 46.2 Å². The first-order valence-corrected chi connectivity index (χ1v) is 8.25. The van der Waals surface area contributed by atoms with Crippen LogP contribution < -0.4 is 5.32 Å². The Hall–Kier alpha value is 0.192. The minimum atomic E-state index is 0. The molecule has 0 radical (unpaired) electrons. The van der Waals surface area contributed by atoms with Gasteiger partial charge in [0.05, 0.1) is 0 Å². The zero-order valence-corrected chi connectivity index (χ0v) is 19.4. The van der Waals surface area contributed by atoms with Gasteiger partial charge in [0.2, 0.25) is 5.91 Å². The van der Waals surface area contributed by atoms with Gasteiger partial charge in [-0.1, -0.05) is 34.6 Å². The minimum absolute atomic E-state index is 0. The Morgan fingerprint density at radius 3 is 2.18 bits per heavy atom. The van der Waals surface area contributed by atoms with Crippen molar-refractivity contribution in [2.24, 2.45) is 11.8 Å². The molecule has 0 aliphatic rings. The zero-order valence-electron chi connectivity index (χ0n) is 15.2. The van der Waals surface area contributed by atoms with Crippen LogP contribution in [0.15, 0.2) is 0 Å². The third-order valence-corrected chi connectivity index (χ3v) is 2.85. The van der Waals surface area contributed by atoms with Gasteiger partial charge in [-0.05, 0) is 25.2 Å². The molecule has 4 heteroatoms. The minimum Gasteiger partial charge on any atom is -0.356 e. The van der Waals surface area contributed by atoms with E-state index in [9.17, 15) is 9.59 Å². The quantitative estimate of drug-likeness (QED) is 0.334. The molecule has 1 amide bonds. The second-order valence-electron chi connectivity index (χ2n) is 6.04. The van der Waals surface area contributed by atoms with Crippen LogP contribution in [0.1, 0.15) is 73.1 Å². The fourth-order valence-electron chi connectivity index (χ4n) is 1.54. The molecular weight excluding hydrogens is 500 g/mol. The first kappa shape index (κ1) is 27.1. The first-order chi connectivity index (χ1) is 9.84. The second-order valence-corrected chi connectivity index (χ2v) is 6.04. The zero-order chi connectivity index (χ0) is 16.7. The van der Waals surface area contributed by atoms with Crippen molar-refractivity contribution < 1.29 is 40.7 Å². The van der Waals surface area contributed by atoms with Crippen LogP contribution in [0.4, 0.5) is 0 Å². The monoisotopic (exact) mass is 535 g/mol. The van der Waals surface area contributed by atoms with E-state index in [2.05, 4.69) is 26.1 Å². The number of amides is 1. The van der Waals surface area contributed by atoms with E-state index >= 15 is 0 Å². The molecule has 0 aliphatic heterocycles. The summed E-state index contributed by atoms with van der Waals surface area (Å²) in [5.41, 5.74) is 0. The number of ketones is 1. The molecule has 1 N–H and O–H groups in total. The van der Waals surface area contributed by atoms with Crippen LogP contribution in [0.25, 0.3) is 0 Å². The van der Waals surface area contributed by atoms with Gasteiger partial charge >= 0.3 is 31.1 Å². The second kappa shape index (κ2) is 19.2. The largest absolute Gasteiger partial charge is 2.00 e. The average Bonchev–Trinajstić information content (AvgIpc) is 2.40. The van der Waals surface area contributed by atoms with Gasteiger partial charge < -0.3 is 23.5 Å². The van der Waals surface area contributed by atoms with E-state index in [-0.39, 0.29) is 48.7 Å². The van der Waals surface area contributed by atoms with Gasteiger partial charge in [0.15, 0.2) is 0 Å². The first-order valence-electron chi connectivity index (χ1n) is 8.25. The van der Waals surface area contributed by atoms with Crippen molar-refractivity contribution >= 4 is 11.7 Å². The predicted molar refractivity (Wildman–Crippen MR) is 90.7 cm³/mol. The number of nitrogens with one attached hydrogen (secondary N) is 1. The summed E-state index contributed by atoms with van der Waals surface area (Å²) in [6, 6.07) is 0. The molecule has 22 heavy (non-hydrogen) atoms. The molecule has 0 bridgehead atoms. The summed E-state index contributed by atoms with van der Waals surface area (Å²) in [7, 11) is 0. The fourth-order valence-corrected chi connectivity index (χ4v) is 1.54. The summed E-state index contributed by atoms with van der Waals surface area (Å²) < 4.78 is 0. The molecule has 0 aromatic heterocycles. The number of hydrogen-bond acceptors (Lipinski definition) is 2. The van der Waals surface area contributed by atoms with Crippen molar-refractivity contribution in [1.82, 2.24) is 5.32 Å². The van der Waals surface area contributed by atoms with Crippen LogP contribution in [0, 0.1) is 56.3 Å². The summed E-state index contributed by atoms with van der Waals surface area (Å²) in [6.07, 6.45) is 6.77. The SMILES string of the molecule is CC(C)CCCNC(=O)CC[CH-]CC(=O)C(C)C.[CH2-]CC.[U+2]. The molecule has 0 aromatic carbocycles. The van der Waals surface area contributed by atoms with Crippen LogP contribution in [0.2, 0.25) is 0 Å². The molecule has 0 aromatic rings. The summed E-state index contributed by atoms with van der Waals surface area (Å²) in [5, 5.41) is 2.91. The molecule has 0 aliphatic carbocycles.